The van der Waals surface area contributed by atoms with Crippen LogP contribution in [0, 0.1) is 0 Å². The van der Waals surface area contributed by atoms with E-state index in [0.717, 1.165) is 0 Å². The predicted molar refractivity (Wildman–Crippen MR) is 92.8 cm³/mol. The maximum Gasteiger partial charge on any atom is 0.375 e. The second kappa shape index (κ2) is 6.35. The molecule has 134 valence electrons. The first kappa shape index (κ1) is 18.7. The van der Waals surface area contributed by atoms with Crippen LogP contribution in [0.2, 0.25) is 0 Å². The summed E-state index contributed by atoms with van der Waals surface area (Å²) in [6.07, 6.45) is 0. The number of rotatable bonds is 2. The van der Waals surface area contributed by atoms with E-state index in [4.69, 9.17) is 13.9 Å². The lowest BCUT2D eigenvalue weighted by molar-refractivity contribution is -0.00114. The standard InChI is InChI=1S/C19H22O6/c1-18(2,3)24-16(21)13-11-9-7-8-10-12(11)15(20)23-14(13)17(22)25-19(4,5)6/h7-10H,1-6H3. The summed E-state index contributed by atoms with van der Waals surface area (Å²) in [5, 5.41) is 0.476. The van der Waals surface area contributed by atoms with E-state index in [0.29, 0.717) is 0 Å². The SMILES string of the molecule is CC(C)(C)OC(=O)c1oc(=O)c2ccccc2c1C(=O)OC(C)(C)C. The Labute approximate surface area is 145 Å². The minimum absolute atomic E-state index is 0.112. The zero-order valence-electron chi connectivity index (χ0n) is 15.3. The van der Waals surface area contributed by atoms with Crippen LogP contribution in [-0.4, -0.2) is 23.1 Å². The minimum Gasteiger partial charge on any atom is -0.456 e. The van der Waals surface area contributed by atoms with Crippen molar-refractivity contribution < 1.29 is 23.5 Å². The summed E-state index contributed by atoms with van der Waals surface area (Å²) in [7, 11) is 0. The molecule has 0 radical (unpaired) electrons. The Morgan fingerprint density at radius 3 is 1.84 bits per heavy atom. The molecule has 0 aliphatic heterocycles. The van der Waals surface area contributed by atoms with E-state index < -0.39 is 34.5 Å². The molecule has 0 aliphatic carbocycles. The van der Waals surface area contributed by atoms with Crippen LogP contribution < -0.4 is 5.63 Å². The van der Waals surface area contributed by atoms with Gasteiger partial charge in [-0.2, -0.15) is 0 Å². The average molecular weight is 346 g/mol. The predicted octanol–water partition coefficient (Wildman–Crippen LogP) is 3.70. The van der Waals surface area contributed by atoms with Gasteiger partial charge in [-0.1, -0.05) is 18.2 Å². The average Bonchev–Trinajstić information content (AvgIpc) is 2.43. The highest BCUT2D eigenvalue weighted by Gasteiger charge is 2.31. The summed E-state index contributed by atoms with van der Waals surface area (Å²) in [5.74, 6) is -2.10. The van der Waals surface area contributed by atoms with Gasteiger partial charge in [-0.25, -0.2) is 14.4 Å². The van der Waals surface area contributed by atoms with Gasteiger partial charge in [0.1, 0.15) is 16.8 Å². The quantitative estimate of drug-likeness (QED) is 0.771. The third-order valence-corrected chi connectivity index (χ3v) is 3.03. The summed E-state index contributed by atoms with van der Waals surface area (Å²) in [6, 6.07) is 6.40. The molecule has 2 rings (SSSR count). The Kier molecular flexibility index (Phi) is 4.75. The van der Waals surface area contributed by atoms with Crippen molar-refractivity contribution in [1.29, 1.82) is 0 Å². The smallest absolute Gasteiger partial charge is 0.375 e. The van der Waals surface area contributed by atoms with Gasteiger partial charge in [-0.15, -0.1) is 0 Å². The van der Waals surface area contributed by atoms with Gasteiger partial charge in [-0.05, 0) is 47.6 Å². The summed E-state index contributed by atoms with van der Waals surface area (Å²) in [4.78, 5) is 37.4. The molecule has 6 heteroatoms. The van der Waals surface area contributed by atoms with E-state index in [1.807, 2.05) is 0 Å². The number of hydrogen-bond donors (Lipinski definition) is 0. The lowest BCUT2D eigenvalue weighted by Gasteiger charge is -2.22. The molecule has 0 unspecified atom stereocenters. The summed E-state index contributed by atoms with van der Waals surface area (Å²) < 4.78 is 15.8. The maximum absolute atomic E-state index is 12.7. The molecule has 0 spiro atoms. The van der Waals surface area contributed by atoms with Gasteiger partial charge in [0.05, 0.1) is 5.39 Å². The molecule has 0 amide bonds. The molecule has 0 bridgehead atoms. The van der Waals surface area contributed by atoms with Crippen LogP contribution >= 0.6 is 0 Å². The highest BCUT2D eigenvalue weighted by atomic mass is 16.6. The van der Waals surface area contributed by atoms with Crippen molar-refractivity contribution in [3.63, 3.8) is 0 Å². The number of ether oxygens (including phenoxy) is 2. The van der Waals surface area contributed by atoms with Crippen molar-refractivity contribution >= 4 is 22.7 Å². The van der Waals surface area contributed by atoms with Crippen molar-refractivity contribution in [2.24, 2.45) is 0 Å². The number of carbonyl (C=O) groups excluding carboxylic acids is 2. The van der Waals surface area contributed by atoms with Crippen LogP contribution in [0.1, 0.15) is 62.5 Å². The van der Waals surface area contributed by atoms with Gasteiger partial charge < -0.3 is 13.9 Å². The topological polar surface area (TPSA) is 82.8 Å². The molecule has 0 fully saturated rings. The third-order valence-electron chi connectivity index (χ3n) is 3.03. The van der Waals surface area contributed by atoms with Crippen LogP contribution in [0.25, 0.3) is 10.8 Å². The zero-order valence-corrected chi connectivity index (χ0v) is 15.3. The molecule has 1 aromatic heterocycles. The molecule has 25 heavy (non-hydrogen) atoms. The van der Waals surface area contributed by atoms with Gasteiger partial charge in [0.15, 0.2) is 0 Å². The molecular weight excluding hydrogens is 324 g/mol. The van der Waals surface area contributed by atoms with Crippen LogP contribution in [0.4, 0.5) is 0 Å². The number of benzene rings is 1. The fourth-order valence-electron chi connectivity index (χ4n) is 2.20. The minimum atomic E-state index is -0.892. The van der Waals surface area contributed by atoms with Crippen LogP contribution in [0.3, 0.4) is 0 Å². The van der Waals surface area contributed by atoms with Crippen molar-refractivity contribution in [1.82, 2.24) is 0 Å². The lowest BCUT2D eigenvalue weighted by atomic mass is 10.0. The van der Waals surface area contributed by atoms with Crippen molar-refractivity contribution in [2.45, 2.75) is 52.7 Å². The molecule has 0 aliphatic rings. The van der Waals surface area contributed by atoms with E-state index >= 15 is 0 Å². The first-order valence-electron chi connectivity index (χ1n) is 7.91. The molecule has 2 aromatic rings. The molecule has 6 nitrogen and oxygen atoms in total. The zero-order chi connectivity index (χ0) is 19.0. The monoisotopic (exact) mass is 346 g/mol. The molecule has 0 saturated carbocycles. The largest absolute Gasteiger partial charge is 0.456 e. The molecule has 0 N–H and O–H groups in total. The Morgan fingerprint density at radius 1 is 0.840 bits per heavy atom. The molecular formula is C19H22O6. The number of hydrogen-bond acceptors (Lipinski definition) is 6. The Hall–Kier alpha value is -2.63. The highest BCUT2D eigenvalue weighted by molar-refractivity contribution is 6.10. The molecule has 0 saturated heterocycles. The maximum atomic E-state index is 12.7. The first-order valence-corrected chi connectivity index (χ1v) is 7.91. The van der Waals surface area contributed by atoms with Crippen LogP contribution in [0.15, 0.2) is 33.5 Å². The Balaban J connectivity index is 2.72. The Bertz CT molecular complexity index is 877. The number of carbonyl (C=O) groups is 2. The second-order valence-corrected chi connectivity index (χ2v) is 7.64. The van der Waals surface area contributed by atoms with Crippen LogP contribution in [-0.2, 0) is 9.47 Å². The van der Waals surface area contributed by atoms with E-state index in [1.54, 1.807) is 59.7 Å². The summed E-state index contributed by atoms with van der Waals surface area (Å²) >= 11 is 0. The van der Waals surface area contributed by atoms with Gasteiger partial charge in [0, 0.05) is 5.39 Å². The van der Waals surface area contributed by atoms with Gasteiger partial charge >= 0.3 is 17.6 Å². The van der Waals surface area contributed by atoms with E-state index in [2.05, 4.69) is 0 Å². The fraction of sp³-hybridized carbons (Fsp3) is 0.421. The third kappa shape index (κ3) is 4.47. The van der Waals surface area contributed by atoms with E-state index in [-0.39, 0.29) is 16.3 Å². The number of esters is 2. The van der Waals surface area contributed by atoms with Crippen molar-refractivity contribution in [3.05, 3.63) is 46.0 Å². The summed E-state index contributed by atoms with van der Waals surface area (Å²) in [6.45, 7) is 10.2. The first-order chi connectivity index (χ1) is 11.4. The van der Waals surface area contributed by atoms with Crippen molar-refractivity contribution in [3.8, 4) is 0 Å². The van der Waals surface area contributed by atoms with E-state index in [9.17, 15) is 14.4 Å². The van der Waals surface area contributed by atoms with Gasteiger partial charge in [0.25, 0.3) is 0 Å². The van der Waals surface area contributed by atoms with E-state index in [1.165, 1.54) is 6.07 Å². The van der Waals surface area contributed by atoms with Gasteiger partial charge in [-0.3, -0.25) is 0 Å². The van der Waals surface area contributed by atoms with Gasteiger partial charge in [0.2, 0.25) is 5.76 Å². The Morgan fingerprint density at radius 2 is 1.32 bits per heavy atom. The van der Waals surface area contributed by atoms with Crippen LogP contribution in [0.5, 0.6) is 0 Å². The lowest BCUT2D eigenvalue weighted by Crippen LogP contribution is -2.29. The molecule has 0 atom stereocenters. The number of fused-ring (bicyclic) bond motifs is 1. The summed E-state index contributed by atoms with van der Waals surface area (Å²) in [5.41, 5.74) is -2.42. The highest BCUT2D eigenvalue weighted by Crippen LogP contribution is 2.24. The second-order valence-electron chi connectivity index (χ2n) is 7.64. The molecule has 1 heterocycles. The fourth-order valence-corrected chi connectivity index (χ4v) is 2.20. The normalized spacial score (nSPS) is 12.1. The van der Waals surface area contributed by atoms with Crippen molar-refractivity contribution in [2.75, 3.05) is 0 Å². The molecule has 1 aromatic carbocycles.